The molecule has 0 spiro atoms. The van der Waals surface area contributed by atoms with Gasteiger partial charge in [-0.1, -0.05) is 65.9 Å². The highest BCUT2D eigenvalue weighted by molar-refractivity contribution is 7.15. The molecular weight excluding hydrogens is 524 g/mol. The Hall–Kier alpha value is -4.31. The summed E-state index contributed by atoms with van der Waals surface area (Å²) in [7, 11) is 0. The van der Waals surface area contributed by atoms with Crippen LogP contribution in [0.4, 0.5) is 10.9 Å². The Bertz CT molecular complexity index is 1420. The lowest BCUT2D eigenvalue weighted by Gasteiger charge is -2.06. The summed E-state index contributed by atoms with van der Waals surface area (Å²) in [5, 5.41) is 23.2. The number of benzene rings is 2. The first-order valence-electron chi connectivity index (χ1n) is 13.3. The number of rotatable bonds is 14. The van der Waals surface area contributed by atoms with Crippen LogP contribution in [0, 0.1) is 0 Å². The number of nitrogens with zero attached hydrogens (tertiary/aromatic N) is 4. The smallest absolute Gasteiger partial charge is 0.230 e. The summed E-state index contributed by atoms with van der Waals surface area (Å²) in [4.78, 5) is 36.0. The molecule has 0 aliphatic rings. The fourth-order valence-electron chi connectivity index (χ4n) is 4.17. The van der Waals surface area contributed by atoms with Crippen LogP contribution in [-0.2, 0) is 46.5 Å². The van der Waals surface area contributed by atoms with Crippen LogP contribution in [0.15, 0.2) is 66.7 Å². The van der Waals surface area contributed by atoms with Gasteiger partial charge in [0.05, 0.1) is 12.1 Å². The predicted molar refractivity (Wildman–Crippen MR) is 155 cm³/mol. The zero-order valence-corrected chi connectivity index (χ0v) is 23.2. The van der Waals surface area contributed by atoms with E-state index in [0.29, 0.717) is 30.2 Å². The van der Waals surface area contributed by atoms with Gasteiger partial charge in [0.25, 0.3) is 0 Å². The minimum absolute atomic E-state index is 0.152. The first-order valence-corrected chi connectivity index (χ1v) is 14.1. The summed E-state index contributed by atoms with van der Waals surface area (Å²) < 4.78 is 0. The van der Waals surface area contributed by atoms with Crippen LogP contribution in [-0.4, -0.2) is 38.0 Å². The quantitative estimate of drug-likeness (QED) is 0.214. The second kappa shape index (κ2) is 14.7. The van der Waals surface area contributed by atoms with E-state index in [2.05, 4.69) is 31.0 Å². The van der Waals surface area contributed by atoms with Gasteiger partial charge in [-0.25, -0.2) is 0 Å². The molecule has 4 aromatic rings. The summed E-state index contributed by atoms with van der Waals surface area (Å²) in [5.74, 6) is 0.315. The number of hydrogen-bond donors (Lipinski definition) is 2. The van der Waals surface area contributed by atoms with Crippen molar-refractivity contribution in [2.24, 2.45) is 0 Å². The highest BCUT2D eigenvalue weighted by atomic mass is 32.1. The summed E-state index contributed by atoms with van der Waals surface area (Å²) in [6, 6.07) is 21.2. The summed E-state index contributed by atoms with van der Waals surface area (Å²) in [6.45, 7) is 1.43. The fraction of sp³-hybridized carbons (Fsp3) is 0.300. The number of aryl methyl sites for hydroxylation is 3. The number of ketones is 1. The molecule has 10 heteroatoms. The number of carbonyl (C=O) groups is 3. The van der Waals surface area contributed by atoms with Crippen LogP contribution in [0.1, 0.15) is 53.6 Å². The molecule has 0 aliphatic carbocycles. The average Bonchev–Trinajstić information content (AvgIpc) is 3.38. The van der Waals surface area contributed by atoms with E-state index in [1.54, 1.807) is 6.07 Å². The highest BCUT2D eigenvalue weighted by Crippen LogP contribution is 2.18. The lowest BCUT2D eigenvalue weighted by molar-refractivity contribution is -0.118. The van der Waals surface area contributed by atoms with E-state index in [4.69, 9.17) is 0 Å². The van der Waals surface area contributed by atoms with Crippen LogP contribution in [0.25, 0.3) is 0 Å². The number of hydrogen-bond acceptors (Lipinski definition) is 8. The van der Waals surface area contributed by atoms with Gasteiger partial charge in [0.15, 0.2) is 5.82 Å². The van der Waals surface area contributed by atoms with Gasteiger partial charge >= 0.3 is 0 Å². The molecule has 9 nitrogen and oxygen atoms in total. The third-order valence-corrected chi connectivity index (χ3v) is 7.00. The van der Waals surface area contributed by atoms with Crippen molar-refractivity contribution < 1.29 is 14.4 Å². The Balaban J connectivity index is 1.16. The number of nitrogens with one attached hydrogen (secondary N) is 2. The molecular formula is C30H32N6O3S. The molecule has 2 aromatic carbocycles. The Morgan fingerprint density at radius 2 is 1.50 bits per heavy atom. The molecule has 0 radical (unpaired) electrons. The molecule has 0 aliphatic heterocycles. The van der Waals surface area contributed by atoms with E-state index in [0.717, 1.165) is 53.1 Å². The van der Waals surface area contributed by atoms with Gasteiger partial charge < -0.3 is 10.6 Å². The van der Waals surface area contributed by atoms with Crippen molar-refractivity contribution >= 4 is 39.9 Å². The van der Waals surface area contributed by atoms with E-state index in [-0.39, 0.29) is 24.0 Å². The minimum atomic E-state index is -0.177. The van der Waals surface area contributed by atoms with Gasteiger partial charge in [-0.05, 0) is 54.5 Å². The molecule has 206 valence electrons. The molecule has 2 N–H and O–H groups in total. The van der Waals surface area contributed by atoms with Gasteiger partial charge in [0.2, 0.25) is 16.9 Å². The second-order valence-corrected chi connectivity index (χ2v) is 10.6. The third kappa shape index (κ3) is 9.77. The SMILES string of the molecule is CC(=O)Nc1ccc(CCCCc2nnc(NC(=O)Cc3cccc(CCC(=O)Cc4ccccc4)c3)s2)nn1. The Labute approximate surface area is 237 Å². The summed E-state index contributed by atoms with van der Waals surface area (Å²) in [5.41, 5.74) is 3.82. The molecule has 0 saturated heterocycles. The molecule has 0 bridgehead atoms. The summed E-state index contributed by atoms with van der Waals surface area (Å²) >= 11 is 1.38. The van der Waals surface area contributed by atoms with E-state index in [9.17, 15) is 14.4 Å². The largest absolute Gasteiger partial charge is 0.309 e. The Kier molecular flexibility index (Phi) is 10.6. The predicted octanol–water partition coefficient (Wildman–Crippen LogP) is 4.78. The second-order valence-electron chi connectivity index (χ2n) is 9.55. The van der Waals surface area contributed by atoms with Gasteiger partial charge in [0.1, 0.15) is 10.8 Å². The van der Waals surface area contributed by atoms with E-state index in [1.807, 2.05) is 60.7 Å². The maximum absolute atomic E-state index is 12.6. The van der Waals surface area contributed by atoms with Gasteiger partial charge in [-0.15, -0.1) is 15.3 Å². The van der Waals surface area contributed by atoms with Crippen molar-refractivity contribution in [3.63, 3.8) is 0 Å². The van der Waals surface area contributed by atoms with Gasteiger partial charge in [-0.2, -0.15) is 5.10 Å². The molecule has 4 rings (SSSR count). The standard InChI is InChI=1S/C30H32N6O3S/c1-21(37)31-27-17-15-25(33-34-27)12-5-6-13-29-35-36-30(40-29)32-28(39)20-24-11-7-10-23(18-24)14-16-26(38)19-22-8-3-2-4-9-22/h2-4,7-11,15,17-18H,5-6,12-14,16,19-20H2,1H3,(H,31,34,37)(H,32,36,39). The highest BCUT2D eigenvalue weighted by Gasteiger charge is 2.11. The van der Waals surface area contributed by atoms with Crippen LogP contribution < -0.4 is 10.6 Å². The van der Waals surface area contributed by atoms with Crippen molar-refractivity contribution in [3.8, 4) is 0 Å². The van der Waals surface area contributed by atoms with Crippen molar-refractivity contribution in [1.29, 1.82) is 0 Å². The van der Waals surface area contributed by atoms with Crippen molar-refractivity contribution in [2.45, 2.75) is 58.3 Å². The molecule has 0 unspecified atom stereocenters. The molecule has 0 atom stereocenters. The molecule has 40 heavy (non-hydrogen) atoms. The Morgan fingerprint density at radius 1 is 0.725 bits per heavy atom. The zero-order valence-electron chi connectivity index (χ0n) is 22.4. The molecule has 2 heterocycles. The lowest BCUT2D eigenvalue weighted by atomic mass is 10.0. The molecule has 2 aromatic heterocycles. The van der Waals surface area contributed by atoms with Crippen LogP contribution in [0.2, 0.25) is 0 Å². The zero-order chi connectivity index (χ0) is 28.2. The average molecular weight is 557 g/mol. The Morgan fingerprint density at radius 3 is 2.27 bits per heavy atom. The lowest BCUT2D eigenvalue weighted by Crippen LogP contribution is -2.14. The van der Waals surface area contributed by atoms with E-state index >= 15 is 0 Å². The first-order chi connectivity index (χ1) is 19.4. The number of unbranched alkanes of at least 4 members (excludes halogenated alkanes) is 1. The van der Waals surface area contributed by atoms with E-state index < -0.39 is 0 Å². The van der Waals surface area contributed by atoms with Crippen molar-refractivity contribution in [3.05, 3.63) is 94.1 Å². The normalized spacial score (nSPS) is 10.7. The van der Waals surface area contributed by atoms with E-state index in [1.165, 1.54) is 18.3 Å². The number of anilines is 2. The molecule has 0 saturated carbocycles. The number of Topliss-reactive ketones (excluding diaryl/α,β-unsaturated/α-hetero) is 1. The van der Waals surface area contributed by atoms with Crippen LogP contribution in [0.5, 0.6) is 0 Å². The van der Waals surface area contributed by atoms with Crippen molar-refractivity contribution in [2.75, 3.05) is 10.6 Å². The van der Waals surface area contributed by atoms with Gasteiger partial charge in [0, 0.05) is 26.2 Å². The fourth-order valence-corrected chi connectivity index (χ4v) is 4.97. The third-order valence-electron chi connectivity index (χ3n) is 6.10. The first kappa shape index (κ1) is 28.7. The maximum atomic E-state index is 12.6. The topological polar surface area (TPSA) is 127 Å². The monoisotopic (exact) mass is 556 g/mol. The molecule has 0 fully saturated rings. The van der Waals surface area contributed by atoms with Crippen LogP contribution in [0.3, 0.4) is 0 Å². The number of amides is 2. The number of aromatic nitrogens is 4. The van der Waals surface area contributed by atoms with Crippen molar-refractivity contribution in [1.82, 2.24) is 20.4 Å². The van der Waals surface area contributed by atoms with Crippen LogP contribution >= 0.6 is 11.3 Å². The van der Waals surface area contributed by atoms with Gasteiger partial charge in [-0.3, -0.25) is 14.4 Å². The minimum Gasteiger partial charge on any atom is -0.309 e. The maximum Gasteiger partial charge on any atom is 0.230 e. The molecule has 2 amide bonds. The number of carbonyl (C=O) groups excluding carboxylic acids is 3. The summed E-state index contributed by atoms with van der Waals surface area (Å²) in [6.07, 6.45) is 5.12.